The Morgan fingerprint density at radius 2 is 1.91 bits per heavy atom. The average Bonchev–Trinajstić information content (AvgIpc) is 3.15. The molecule has 0 spiro atoms. The van der Waals surface area contributed by atoms with Gasteiger partial charge in [-0.25, -0.2) is 4.98 Å². The number of carbonyl (C=O) groups excluding carboxylic acids is 1. The van der Waals surface area contributed by atoms with Crippen molar-refractivity contribution in [3.8, 4) is 6.07 Å². The summed E-state index contributed by atoms with van der Waals surface area (Å²) in [6.07, 6.45) is 1.59. The smallest absolute Gasteiger partial charge is 0.263 e. The first-order valence-electron chi connectivity index (χ1n) is 10.6. The average molecular weight is 451 g/mol. The molecule has 0 radical (unpaired) electrons. The first-order valence-corrected chi connectivity index (χ1v) is 11.4. The highest BCUT2D eigenvalue weighted by atomic mass is 32.1. The standard InChI is InChI=1S/C23H26N6O2S/c1-16-19-21(32-20(16)23(31)26(2)3)25-15-29(22(19)30)13-10-27-8-11-28(12-9-27)18-7-5-4-6-17(18)14-24/h4-7,15H,8-13H2,1-3H3. The number of aryl methyl sites for hydroxylation is 1. The fourth-order valence-electron chi connectivity index (χ4n) is 4.03. The van der Waals surface area contributed by atoms with E-state index in [1.807, 2.05) is 31.2 Å². The summed E-state index contributed by atoms with van der Waals surface area (Å²) in [6, 6.07) is 9.95. The van der Waals surface area contributed by atoms with Gasteiger partial charge in [0, 0.05) is 53.4 Å². The van der Waals surface area contributed by atoms with Gasteiger partial charge in [0.2, 0.25) is 0 Å². The van der Waals surface area contributed by atoms with Gasteiger partial charge < -0.3 is 9.80 Å². The number of amides is 1. The second kappa shape index (κ2) is 9.10. The monoisotopic (exact) mass is 450 g/mol. The van der Waals surface area contributed by atoms with Crippen LogP contribution < -0.4 is 10.5 Å². The van der Waals surface area contributed by atoms with Gasteiger partial charge in [0.25, 0.3) is 11.5 Å². The van der Waals surface area contributed by atoms with E-state index >= 15 is 0 Å². The molecule has 166 valence electrons. The zero-order chi connectivity index (χ0) is 22.8. The Labute approximate surface area is 190 Å². The Morgan fingerprint density at radius 1 is 1.19 bits per heavy atom. The number of aromatic nitrogens is 2. The molecule has 0 atom stereocenters. The van der Waals surface area contributed by atoms with Crippen molar-refractivity contribution in [1.29, 1.82) is 5.26 Å². The predicted molar refractivity (Wildman–Crippen MR) is 126 cm³/mol. The van der Waals surface area contributed by atoms with E-state index in [9.17, 15) is 14.9 Å². The molecule has 1 fully saturated rings. The number of anilines is 1. The van der Waals surface area contributed by atoms with Crippen LogP contribution in [-0.4, -0.2) is 72.1 Å². The van der Waals surface area contributed by atoms with E-state index in [2.05, 4.69) is 20.9 Å². The summed E-state index contributed by atoms with van der Waals surface area (Å²) in [6.45, 7) is 6.51. The highest BCUT2D eigenvalue weighted by Gasteiger charge is 2.22. The summed E-state index contributed by atoms with van der Waals surface area (Å²) in [5, 5.41) is 9.89. The molecule has 4 rings (SSSR count). The molecule has 0 N–H and O–H groups in total. The van der Waals surface area contributed by atoms with Crippen molar-refractivity contribution in [2.75, 3.05) is 51.7 Å². The van der Waals surface area contributed by atoms with Crippen LogP contribution in [0.5, 0.6) is 0 Å². The molecule has 0 unspecified atom stereocenters. The van der Waals surface area contributed by atoms with Gasteiger partial charge in [-0.2, -0.15) is 5.26 Å². The van der Waals surface area contributed by atoms with Crippen molar-refractivity contribution >= 4 is 33.1 Å². The van der Waals surface area contributed by atoms with Gasteiger partial charge in [-0.3, -0.25) is 19.1 Å². The van der Waals surface area contributed by atoms with Crippen LogP contribution in [0.3, 0.4) is 0 Å². The summed E-state index contributed by atoms with van der Waals surface area (Å²) >= 11 is 1.28. The number of hydrogen-bond donors (Lipinski definition) is 0. The molecule has 1 aliphatic rings. The number of carbonyl (C=O) groups is 1. The molecule has 9 heteroatoms. The molecule has 3 aromatic rings. The molecule has 1 aliphatic heterocycles. The van der Waals surface area contributed by atoms with Crippen molar-refractivity contribution < 1.29 is 4.79 Å². The van der Waals surface area contributed by atoms with Crippen LogP contribution in [0, 0.1) is 18.3 Å². The highest BCUT2D eigenvalue weighted by molar-refractivity contribution is 7.20. The Bertz CT molecular complexity index is 1250. The van der Waals surface area contributed by atoms with Crippen LogP contribution in [0.25, 0.3) is 10.2 Å². The SMILES string of the molecule is Cc1c(C(=O)N(C)C)sc2ncn(CCN3CCN(c4ccccc4C#N)CC3)c(=O)c12. The summed E-state index contributed by atoms with van der Waals surface area (Å²) in [7, 11) is 3.41. The molecule has 0 saturated carbocycles. The molecule has 0 bridgehead atoms. The molecule has 8 nitrogen and oxygen atoms in total. The normalized spacial score (nSPS) is 14.5. The third-order valence-electron chi connectivity index (χ3n) is 5.91. The number of piperazine rings is 1. The lowest BCUT2D eigenvalue weighted by atomic mass is 10.1. The number of thiophene rings is 1. The van der Waals surface area contributed by atoms with E-state index in [0.29, 0.717) is 32.8 Å². The summed E-state index contributed by atoms with van der Waals surface area (Å²) < 4.78 is 1.64. The van der Waals surface area contributed by atoms with Crippen molar-refractivity contribution in [3.05, 3.63) is 57.0 Å². The van der Waals surface area contributed by atoms with Crippen LogP contribution in [0.15, 0.2) is 35.4 Å². The summed E-state index contributed by atoms with van der Waals surface area (Å²) in [5.41, 5.74) is 2.30. The number of rotatable bonds is 5. The number of benzene rings is 1. The minimum absolute atomic E-state index is 0.0943. The van der Waals surface area contributed by atoms with Crippen LogP contribution in [0.2, 0.25) is 0 Å². The van der Waals surface area contributed by atoms with Crippen molar-refractivity contribution in [2.45, 2.75) is 13.5 Å². The molecule has 1 amide bonds. The summed E-state index contributed by atoms with van der Waals surface area (Å²) in [5.74, 6) is -0.104. The fourth-order valence-corrected chi connectivity index (χ4v) is 5.19. The van der Waals surface area contributed by atoms with E-state index in [4.69, 9.17) is 0 Å². The van der Waals surface area contributed by atoms with Crippen LogP contribution in [0.4, 0.5) is 5.69 Å². The maximum atomic E-state index is 13.1. The predicted octanol–water partition coefficient (Wildman–Crippen LogP) is 2.16. The topological polar surface area (TPSA) is 85.5 Å². The zero-order valence-corrected chi connectivity index (χ0v) is 19.4. The number of para-hydroxylation sites is 1. The van der Waals surface area contributed by atoms with E-state index in [-0.39, 0.29) is 11.5 Å². The number of fused-ring (bicyclic) bond motifs is 1. The maximum absolute atomic E-state index is 13.1. The van der Waals surface area contributed by atoms with Gasteiger partial charge in [0.15, 0.2) is 0 Å². The maximum Gasteiger partial charge on any atom is 0.263 e. The van der Waals surface area contributed by atoms with Crippen molar-refractivity contribution in [1.82, 2.24) is 19.4 Å². The third kappa shape index (κ3) is 4.11. The Hall–Kier alpha value is -3.22. The van der Waals surface area contributed by atoms with Crippen LogP contribution in [0.1, 0.15) is 20.8 Å². The highest BCUT2D eigenvalue weighted by Crippen LogP contribution is 2.27. The number of hydrogen-bond acceptors (Lipinski definition) is 7. The summed E-state index contributed by atoms with van der Waals surface area (Å²) in [4.78, 5) is 37.2. The minimum Gasteiger partial charge on any atom is -0.368 e. The van der Waals surface area contributed by atoms with Crippen molar-refractivity contribution in [3.63, 3.8) is 0 Å². The molecule has 1 aromatic carbocycles. The number of nitrogens with zero attached hydrogens (tertiary/aromatic N) is 6. The lowest BCUT2D eigenvalue weighted by Crippen LogP contribution is -2.47. The fraction of sp³-hybridized carbons (Fsp3) is 0.391. The minimum atomic E-state index is -0.104. The van der Waals surface area contributed by atoms with Crippen LogP contribution in [-0.2, 0) is 6.54 Å². The van der Waals surface area contributed by atoms with E-state index in [1.54, 1.807) is 25.0 Å². The Balaban J connectivity index is 1.43. The molecule has 1 saturated heterocycles. The van der Waals surface area contributed by atoms with Gasteiger partial charge in [-0.1, -0.05) is 12.1 Å². The molecular formula is C23H26N6O2S. The zero-order valence-electron chi connectivity index (χ0n) is 18.5. The van der Waals surface area contributed by atoms with Gasteiger partial charge in [0.1, 0.15) is 10.9 Å². The lowest BCUT2D eigenvalue weighted by molar-refractivity contribution is 0.0831. The lowest BCUT2D eigenvalue weighted by Gasteiger charge is -2.36. The molecule has 3 heterocycles. The number of nitriles is 1. The van der Waals surface area contributed by atoms with Gasteiger partial charge in [0.05, 0.1) is 27.8 Å². The Kier molecular flexibility index (Phi) is 6.26. The third-order valence-corrected chi connectivity index (χ3v) is 7.10. The molecule has 32 heavy (non-hydrogen) atoms. The first kappa shape index (κ1) is 22.0. The molecule has 0 aliphatic carbocycles. The Morgan fingerprint density at radius 3 is 2.59 bits per heavy atom. The quantitative estimate of drug-likeness (QED) is 0.592. The van der Waals surface area contributed by atoms with E-state index in [1.165, 1.54) is 16.2 Å². The first-order chi connectivity index (χ1) is 15.4. The van der Waals surface area contributed by atoms with E-state index in [0.717, 1.165) is 38.4 Å². The van der Waals surface area contributed by atoms with Gasteiger partial charge >= 0.3 is 0 Å². The second-order valence-corrected chi connectivity index (χ2v) is 9.14. The second-order valence-electron chi connectivity index (χ2n) is 8.14. The van der Waals surface area contributed by atoms with Crippen LogP contribution >= 0.6 is 11.3 Å². The molecule has 2 aromatic heterocycles. The van der Waals surface area contributed by atoms with Gasteiger partial charge in [-0.05, 0) is 24.6 Å². The largest absolute Gasteiger partial charge is 0.368 e. The molecular weight excluding hydrogens is 424 g/mol. The van der Waals surface area contributed by atoms with Gasteiger partial charge in [-0.15, -0.1) is 11.3 Å². The van der Waals surface area contributed by atoms with Crippen molar-refractivity contribution in [2.24, 2.45) is 0 Å². The van der Waals surface area contributed by atoms with E-state index < -0.39 is 0 Å².